The van der Waals surface area contributed by atoms with E-state index in [0.717, 1.165) is 19.8 Å². The van der Waals surface area contributed by atoms with Crippen LogP contribution in [-0.2, 0) is 4.79 Å². The number of rotatable bonds is 4. The quantitative estimate of drug-likeness (QED) is 0.749. The fraction of sp³-hybridized carbons (Fsp3) is 0.889. The van der Waals surface area contributed by atoms with Gasteiger partial charge < -0.3 is 11.1 Å². The third kappa shape index (κ3) is 3.70. The number of nitrogens with two attached hydrogens (primary N) is 1. The summed E-state index contributed by atoms with van der Waals surface area (Å²) in [6, 6.07) is -0.214. The van der Waals surface area contributed by atoms with Crippen LogP contribution in [0.2, 0.25) is 0 Å². The number of amides is 1. The Hall–Kier alpha value is -0.780. The summed E-state index contributed by atoms with van der Waals surface area (Å²) in [6.45, 7) is 0.974. The average Bonchev–Trinajstić information content (AvgIpc) is 2.93. The second-order valence-corrected chi connectivity index (χ2v) is 4.01. The topological polar surface area (TPSA) is 55.1 Å². The van der Waals surface area contributed by atoms with Crippen LogP contribution in [0, 0.1) is 11.8 Å². The molecule has 0 aliphatic heterocycles. The predicted octanol–water partition coefficient (Wildman–Crippen LogP) is 1.04. The summed E-state index contributed by atoms with van der Waals surface area (Å²) >= 11 is 0. The SMILES string of the molecule is CC(C(=O)NCC(N)C1CC1)C(F)(F)F. The van der Waals surface area contributed by atoms with Crippen molar-refractivity contribution in [3.05, 3.63) is 0 Å². The molecule has 1 aliphatic rings. The zero-order chi connectivity index (χ0) is 11.6. The van der Waals surface area contributed by atoms with Gasteiger partial charge in [0, 0.05) is 12.6 Å². The Bertz CT molecular complexity index is 238. The Labute approximate surface area is 86.2 Å². The van der Waals surface area contributed by atoms with E-state index in [0.29, 0.717) is 5.92 Å². The molecule has 6 heteroatoms. The van der Waals surface area contributed by atoms with Gasteiger partial charge in [0.1, 0.15) is 5.92 Å². The summed E-state index contributed by atoms with van der Waals surface area (Å²) < 4.78 is 36.3. The molecule has 0 bridgehead atoms. The van der Waals surface area contributed by atoms with Gasteiger partial charge in [0.15, 0.2) is 0 Å². The number of alkyl halides is 3. The van der Waals surface area contributed by atoms with Gasteiger partial charge in [-0.25, -0.2) is 0 Å². The maximum atomic E-state index is 12.1. The van der Waals surface area contributed by atoms with Crippen molar-refractivity contribution in [1.82, 2.24) is 5.32 Å². The second-order valence-electron chi connectivity index (χ2n) is 4.01. The van der Waals surface area contributed by atoms with Crippen molar-refractivity contribution >= 4 is 5.91 Å². The molecule has 15 heavy (non-hydrogen) atoms. The lowest BCUT2D eigenvalue weighted by Gasteiger charge is -2.17. The summed E-state index contributed by atoms with van der Waals surface area (Å²) in [4.78, 5) is 11.1. The summed E-state index contributed by atoms with van der Waals surface area (Å²) in [5.41, 5.74) is 5.64. The van der Waals surface area contributed by atoms with Gasteiger partial charge in [-0.1, -0.05) is 0 Å². The number of hydrogen-bond donors (Lipinski definition) is 2. The lowest BCUT2D eigenvalue weighted by atomic mass is 10.1. The fourth-order valence-electron chi connectivity index (χ4n) is 1.21. The number of hydrogen-bond acceptors (Lipinski definition) is 2. The first kappa shape index (κ1) is 12.3. The summed E-state index contributed by atoms with van der Waals surface area (Å²) in [5, 5.41) is 2.23. The molecule has 0 spiro atoms. The zero-order valence-electron chi connectivity index (χ0n) is 8.47. The van der Waals surface area contributed by atoms with Crippen molar-refractivity contribution in [2.24, 2.45) is 17.6 Å². The minimum absolute atomic E-state index is 0.129. The molecule has 0 saturated heterocycles. The molecule has 2 atom stereocenters. The highest BCUT2D eigenvalue weighted by Gasteiger charge is 2.41. The van der Waals surface area contributed by atoms with Crippen molar-refractivity contribution in [3.8, 4) is 0 Å². The first-order chi connectivity index (χ1) is 6.82. The van der Waals surface area contributed by atoms with E-state index in [2.05, 4.69) is 5.32 Å². The van der Waals surface area contributed by atoms with Crippen LogP contribution >= 0.6 is 0 Å². The highest BCUT2D eigenvalue weighted by molar-refractivity contribution is 5.79. The van der Waals surface area contributed by atoms with E-state index in [1.165, 1.54) is 0 Å². The molecular weight excluding hydrogens is 209 g/mol. The first-order valence-electron chi connectivity index (χ1n) is 4.92. The van der Waals surface area contributed by atoms with Crippen LogP contribution in [0.1, 0.15) is 19.8 Å². The van der Waals surface area contributed by atoms with Gasteiger partial charge >= 0.3 is 6.18 Å². The van der Waals surface area contributed by atoms with Crippen molar-refractivity contribution in [2.45, 2.75) is 32.0 Å². The van der Waals surface area contributed by atoms with Crippen LogP contribution in [0.15, 0.2) is 0 Å². The van der Waals surface area contributed by atoms with E-state index in [1.807, 2.05) is 0 Å². The molecule has 1 fully saturated rings. The molecule has 2 unspecified atom stereocenters. The minimum Gasteiger partial charge on any atom is -0.354 e. The Balaban J connectivity index is 2.28. The standard InChI is InChI=1S/C9H15F3N2O/c1-5(9(10,11)12)8(15)14-4-7(13)6-2-3-6/h5-7H,2-4,13H2,1H3,(H,14,15). The van der Waals surface area contributed by atoms with Crippen molar-refractivity contribution in [3.63, 3.8) is 0 Å². The molecule has 1 aliphatic carbocycles. The zero-order valence-corrected chi connectivity index (χ0v) is 8.47. The van der Waals surface area contributed by atoms with Crippen molar-refractivity contribution in [2.75, 3.05) is 6.54 Å². The average molecular weight is 224 g/mol. The molecule has 0 aromatic carbocycles. The highest BCUT2D eigenvalue weighted by atomic mass is 19.4. The first-order valence-corrected chi connectivity index (χ1v) is 4.92. The monoisotopic (exact) mass is 224 g/mol. The summed E-state index contributed by atoms with van der Waals surface area (Å²) in [5.74, 6) is -2.60. The molecule has 0 heterocycles. The summed E-state index contributed by atoms with van der Waals surface area (Å²) in [7, 11) is 0. The predicted molar refractivity (Wildman–Crippen MR) is 48.9 cm³/mol. The number of carbonyl (C=O) groups excluding carboxylic acids is 1. The normalized spacial score (nSPS) is 20.9. The largest absolute Gasteiger partial charge is 0.400 e. The minimum atomic E-state index is -4.48. The Morgan fingerprint density at radius 2 is 2.07 bits per heavy atom. The van der Waals surface area contributed by atoms with Crippen LogP contribution in [-0.4, -0.2) is 24.7 Å². The van der Waals surface area contributed by atoms with Gasteiger partial charge in [0.25, 0.3) is 0 Å². The smallest absolute Gasteiger partial charge is 0.354 e. The summed E-state index contributed by atoms with van der Waals surface area (Å²) in [6.07, 6.45) is -2.47. The fourth-order valence-corrected chi connectivity index (χ4v) is 1.21. The lowest BCUT2D eigenvalue weighted by molar-refractivity contribution is -0.178. The van der Waals surface area contributed by atoms with Gasteiger partial charge in [0.05, 0.1) is 0 Å². The molecule has 3 N–H and O–H groups in total. The van der Waals surface area contributed by atoms with E-state index in [9.17, 15) is 18.0 Å². The molecule has 88 valence electrons. The van der Waals surface area contributed by atoms with Crippen molar-refractivity contribution < 1.29 is 18.0 Å². The third-order valence-electron chi connectivity index (χ3n) is 2.62. The molecule has 0 aromatic heterocycles. The molecule has 1 amide bonds. The Kier molecular flexibility index (Phi) is 3.59. The van der Waals surface area contributed by atoms with E-state index in [1.54, 1.807) is 0 Å². The van der Waals surface area contributed by atoms with Crippen LogP contribution in [0.25, 0.3) is 0 Å². The molecule has 0 aromatic rings. The second kappa shape index (κ2) is 4.38. The molecule has 3 nitrogen and oxygen atoms in total. The molecule has 1 saturated carbocycles. The van der Waals surface area contributed by atoms with Gasteiger partial charge in [-0.3, -0.25) is 4.79 Å². The van der Waals surface area contributed by atoms with E-state index in [4.69, 9.17) is 5.73 Å². The molecule has 1 rings (SSSR count). The number of carbonyl (C=O) groups is 1. The maximum absolute atomic E-state index is 12.1. The van der Waals surface area contributed by atoms with E-state index >= 15 is 0 Å². The van der Waals surface area contributed by atoms with Gasteiger partial charge in [-0.2, -0.15) is 13.2 Å². The maximum Gasteiger partial charge on any atom is 0.400 e. The van der Waals surface area contributed by atoms with Crippen LogP contribution in [0.4, 0.5) is 13.2 Å². The van der Waals surface area contributed by atoms with Gasteiger partial charge in [-0.05, 0) is 25.7 Å². The number of halogens is 3. The Morgan fingerprint density at radius 3 is 2.47 bits per heavy atom. The van der Waals surface area contributed by atoms with E-state index in [-0.39, 0.29) is 12.6 Å². The Morgan fingerprint density at radius 1 is 1.53 bits per heavy atom. The van der Waals surface area contributed by atoms with Crippen LogP contribution in [0.5, 0.6) is 0 Å². The van der Waals surface area contributed by atoms with E-state index < -0.39 is 18.0 Å². The van der Waals surface area contributed by atoms with Gasteiger partial charge in [-0.15, -0.1) is 0 Å². The third-order valence-corrected chi connectivity index (χ3v) is 2.62. The molecular formula is C9H15F3N2O. The number of nitrogens with one attached hydrogen (secondary N) is 1. The molecule has 0 radical (unpaired) electrons. The highest BCUT2D eigenvalue weighted by Crippen LogP contribution is 2.31. The van der Waals surface area contributed by atoms with Crippen molar-refractivity contribution in [1.29, 1.82) is 0 Å². The van der Waals surface area contributed by atoms with Crippen LogP contribution in [0.3, 0.4) is 0 Å². The lowest BCUT2D eigenvalue weighted by Crippen LogP contribution is -2.43. The van der Waals surface area contributed by atoms with Crippen LogP contribution < -0.4 is 11.1 Å². The van der Waals surface area contributed by atoms with Gasteiger partial charge in [0.2, 0.25) is 5.91 Å².